The number of Topliss-reactive ketones (excluding diaryl/α,β-unsaturated/α-hetero) is 1. The zero-order valence-electron chi connectivity index (χ0n) is 41.2. The van der Waals surface area contributed by atoms with Crippen molar-refractivity contribution in [3.8, 4) is 11.5 Å². The standard InChI is InChI=1S/C52H68N8O10/c1-34(2)25-42(48(63)52(6)33-69-52)55-51(66)44(27-38-15-11-8-12-16-38)57-50(65)43(26-35(3)4)56-49(64)41(19-17-37-13-9-7-10-14-37)54-47(62)31-60(21-23-67-24-22-60)30-39-18-20-45(70-36(5)61)46(28-39)68-32-40-29-53-59-58-40/h7-16,18,20,28-29,34-35,41-44H,17,19,21-27,30-33H2,1-6H3,(H4-,53,54,55,56,57,58,59,62,64,65,66)/p+1/t41-,42?,43?,44-,52+/m0/s1. The van der Waals surface area contributed by atoms with Crippen LogP contribution in [0.1, 0.15) is 83.2 Å². The highest BCUT2D eigenvalue weighted by atomic mass is 16.6. The first-order valence-corrected chi connectivity index (χ1v) is 24.2. The monoisotopic (exact) mass is 966 g/mol. The van der Waals surface area contributed by atoms with E-state index < -0.39 is 53.5 Å². The Morgan fingerprint density at radius 2 is 1.34 bits per heavy atom. The molecule has 6 rings (SSSR count). The molecule has 70 heavy (non-hydrogen) atoms. The summed E-state index contributed by atoms with van der Waals surface area (Å²) in [5.74, 6) is -2.16. The lowest BCUT2D eigenvalue weighted by atomic mass is 9.93. The number of carbonyl (C=O) groups is 6. The molecule has 0 saturated carbocycles. The summed E-state index contributed by atoms with van der Waals surface area (Å²) >= 11 is 0. The van der Waals surface area contributed by atoms with Gasteiger partial charge in [-0.25, -0.2) is 0 Å². The molecule has 5 N–H and O–H groups in total. The van der Waals surface area contributed by atoms with Crippen molar-refractivity contribution < 1.29 is 52.2 Å². The summed E-state index contributed by atoms with van der Waals surface area (Å²) in [5.41, 5.74) is 2.15. The van der Waals surface area contributed by atoms with Crippen LogP contribution in [0, 0.1) is 11.8 Å². The molecule has 5 atom stereocenters. The average Bonchev–Trinajstić information content (AvgIpc) is 3.85. The molecule has 0 bridgehead atoms. The van der Waals surface area contributed by atoms with Gasteiger partial charge in [-0.2, -0.15) is 15.4 Å². The Kier molecular flexibility index (Phi) is 18.8. The molecule has 2 unspecified atom stereocenters. The normalized spacial score (nSPS) is 17.9. The number of hydrogen-bond donors (Lipinski definition) is 5. The number of hydrogen-bond acceptors (Lipinski definition) is 12. The Morgan fingerprint density at radius 3 is 1.96 bits per heavy atom. The van der Waals surface area contributed by atoms with Gasteiger partial charge in [0.2, 0.25) is 17.7 Å². The SMILES string of the molecule is CC(=O)Oc1ccc(C[N+]2(CC(=O)N[C@@H](CCc3ccccc3)C(=O)NC(CC(C)C)C(=O)N[C@@H](Cc3ccccc3)C(=O)NC(CC(C)C)C(=O)[C@@]3(C)CO3)CCOCC2)cc1OCc1cn[nH]n1. The van der Waals surface area contributed by atoms with Gasteiger partial charge < -0.3 is 44.7 Å². The number of quaternary nitrogens is 1. The van der Waals surface area contributed by atoms with Crippen LogP contribution < -0.4 is 30.7 Å². The van der Waals surface area contributed by atoms with Gasteiger partial charge in [0.1, 0.15) is 55.7 Å². The highest BCUT2D eigenvalue weighted by molar-refractivity contribution is 5.99. The van der Waals surface area contributed by atoms with Crippen LogP contribution in [0.4, 0.5) is 0 Å². The molecular formula is C52H69N8O10+. The summed E-state index contributed by atoms with van der Waals surface area (Å²) in [5, 5.41) is 22.3. The third-order valence-electron chi connectivity index (χ3n) is 12.4. The van der Waals surface area contributed by atoms with Crippen LogP contribution in [-0.4, -0.2) is 124 Å². The molecule has 4 amide bonds. The summed E-state index contributed by atoms with van der Waals surface area (Å²) in [4.78, 5) is 83.1. The molecule has 18 nitrogen and oxygen atoms in total. The fourth-order valence-electron chi connectivity index (χ4n) is 8.61. The van der Waals surface area contributed by atoms with Crippen molar-refractivity contribution in [3.63, 3.8) is 0 Å². The number of aromatic nitrogens is 3. The number of aryl methyl sites for hydroxylation is 1. The lowest BCUT2D eigenvalue weighted by molar-refractivity contribution is -0.940. The van der Waals surface area contributed by atoms with Crippen LogP contribution in [0.2, 0.25) is 0 Å². The molecule has 1 aromatic heterocycles. The maximum Gasteiger partial charge on any atom is 0.308 e. The number of H-pyrrole nitrogens is 1. The van der Waals surface area contributed by atoms with E-state index in [0.29, 0.717) is 61.6 Å². The van der Waals surface area contributed by atoms with Crippen LogP contribution in [0.5, 0.6) is 11.5 Å². The van der Waals surface area contributed by atoms with Gasteiger partial charge in [-0.3, -0.25) is 28.8 Å². The van der Waals surface area contributed by atoms with Crippen LogP contribution in [0.3, 0.4) is 0 Å². The second-order valence-corrected chi connectivity index (χ2v) is 19.5. The minimum Gasteiger partial charge on any atom is -0.483 e. The fourth-order valence-corrected chi connectivity index (χ4v) is 8.61. The highest BCUT2D eigenvalue weighted by Crippen LogP contribution is 2.32. The lowest BCUT2D eigenvalue weighted by Crippen LogP contribution is -2.61. The molecule has 0 spiro atoms. The number of ether oxygens (including phenoxy) is 4. The van der Waals surface area contributed by atoms with Gasteiger partial charge in [-0.05, 0) is 73.8 Å². The summed E-state index contributed by atoms with van der Waals surface area (Å²) in [7, 11) is 0. The van der Waals surface area contributed by atoms with Crippen molar-refractivity contribution in [2.24, 2.45) is 11.8 Å². The zero-order chi connectivity index (χ0) is 50.3. The number of esters is 1. The number of nitrogens with one attached hydrogen (secondary N) is 5. The van der Waals surface area contributed by atoms with Crippen molar-refractivity contribution in [1.29, 1.82) is 0 Å². The van der Waals surface area contributed by atoms with Crippen LogP contribution in [-0.2, 0) is 64.2 Å². The van der Waals surface area contributed by atoms with Gasteiger partial charge in [0.15, 0.2) is 23.8 Å². The van der Waals surface area contributed by atoms with Gasteiger partial charge in [-0.15, -0.1) is 0 Å². The number of benzene rings is 3. The van der Waals surface area contributed by atoms with E-state index in [4.69, 9.17) is 18.9 Å². The summed E-state index contributed by atoms with van der Waals surface area (Å²) in [6, 6.07) is 20.1. The number of morpholine rings is 1. The van der Waals surface area contributed by atoms with Crippen LogP contribution in [0.15, 0.2) is 85.1 Å². The number of epoxide rings is 1. The van der Waals surface area contributed by atoms with E-state index in [9.17, 15) is 28.8 Å². The number of ketones is 1. The molecule has 18 heteroatoms. The van der Waals surface area contributed by atoms with Crippen molar-refractivity contribution in [1.82, 2.24) is 36.7 Å². The van der Waals surface area contributed by atoms with Crippen LogP contribution in [0.25, 0.3) is 0 Å². The molecule has 0 radical (unpaired) electrons. The van der Waals surface area contributed by atoms with E-state index in [2.05, 4.69) is 36.7 Å². The van der Waals surface area contributed by atoms with E-state index in [0.717, 1.165) is 16.7 Å². The number of amides is 4. The predicted octanol–water partition coefficient (Wildman–Crippen LogP) is 3.92. The first kappa shape index (κ1) is 52.9. The van der Waals surface area contributed by atoms with E-state index in [1.165, 1.54) is 13.1 Å². The van der Waals surface area contributed by atoms with E-state index in [1.54, 1.807) is 19.1 Å². The second kappa shape index (κ2) is 24.9. The summed E-state index contributed by atoms with van der Waals surface area (Å²) in [6.07, 6.45) is 2.97. The zero-order valence-corrected chi connectivity index (χ0v) is 41.2. The summed E-state index contributed by atoms with van der Waals surface area (Å²) < 4.78 is 23.0. The molecule has 2 aliphatic heterocycles. The number of nitrogens with zero attached hydrogens (tertiary/aromatic N) is 3. The Bertz CT molecular complexity index is 2370. The molecule has 0 aliphatic carbocycles. The van der Waals surface area contributed by atoms with E-state index in [1.807, 2.05) is 94.4 Å². The van der Waals surface area contributed by atoms with Crippen molar-refractivity contribution in [2.75, 3.05) is 39.5 Å². The quantitative estimate of drug-likeness (QED) is 0.0261. The molecular weight excluding hydrogens is 897 g/mol. The topological polar surface area (TPSA) is 232 Å². The van der Waals surface area contributed by atoms with Crippen molar-refractivity contribution in [2.45, 2.75) is 117 Å². The molecule has 3 heterocycles. The first-order chi connectivity index (χ1) is 33.5. The minimum atomic E-state index is -1.09. The van der Waals surface area contributed by atoms with Gasteiger partial charge in [0.25, 0.3) is 5.91 Å². The van der Waals surface area contributed by atoms with Gasteiger partial charge in [0, 0.05) is 18.9 Å². The number of aromatic amines is 1. The molecule has 2 aliphatic rings. The molecule has 2 fully saturated rings. The average molecular weight is 966 g/mol. The van der Waals surface area contributed by atoms with Gasteiger partial charge in [0.05, 0.1) is 32.1 Å². The molecule has 2 saturated heterocycles. The predicted molar refractivity (Wildman–Crippen MR) is 259 cm³/mol. The first-order valence-electron chi connectivity index (χ1n) is 24.2. The third kappa shape index (κ3) is 16.0. The molecule has 3 aromatic carbocycles. The minimum absolute atomic E-state index is 0.0110. The Hall–Kier alpha value is -6.50. The van der Waals surface area contributed by atoms with Crippen LogP contribution >= 0.6 is 0 Å². The van der Waals surface area contributed by atoms with Gasteiger partial charge >= 0.3 is 5.97 Å². The van der Waals surface area contributed by atoms with Gasteiger partial charge in [-0.1, -0.05) is 88.4 Å². The van der Waals surface area contributed by atoms with E-state index >= 15 is 0 Å². The Labute approximate surface area is 409 Å². The van der Waals surface area contributed by atoms with E-state index in [-0.39, 0.29) is 68.3 Å². The Morgan fingerprint density at radius 1 is 0.743 bits per heavy atom. The smallest absolute Gasteiger partial charge is 0.308 e. The Balaban J connectivity index is 1.20. The number of carbonyl (C=O) groups excluding carboxylic acids is 6. The summed E-state index contributed by atoms with van der Waals surface area (Å²) in [6.45, 7) is 13.4. The molecule has 376 valence electrons. The van der Waals surface area contributed by atoms with Crippen molar-refractivity contribution >= 4 is 35.4 Å². The number of rotatable bonds is 26. The van der Waals surface area contributed by atoms with Crippen molar-refractivity contribution in [3.05, 3.63) is 107 Å². The third-order valence-corrected chi connectivity index (χ3v) is 12.4. The molecule has 4 aromatic rings. The maximum atomic E-state index is 14.6. The largest absolute Gasteiger partial charge is 0.483 e. The maximum absolute atomic E-state index is 14.6. The fraction of sp³-hybridized carbons (Fsp3) is 0.500. The second-order valence-electron chi connectivity index (χ2n) is 19.5. The highest BCUT2D eigenvalue weighted by Gasteiger charge is 2.50. The lowest BCUT2D eigenvalue weighted by Gasteiger charge is -2.41.